The first-order valence-corrected chi connectivity index (χ1v) is 19.1. The van der Waals surface area contributed by atoms with Crippen molar-refractivity contribution in [1.82, 2.24) is 15.0 Å². The van der Waals surface area contributed by atoms with Gasteiger partial charge in [-0.05, 0) is 55.4 Å². The molecule has 7 rings (SSSR count). The molecule has 1 spiro atoms. The van der Waals surface area contributed by atoms with Gasteiger partial charge in [-0.2, -0.15) is 0 Å². The molecule has 1 saturated heterocycles. The quantitative estimate of drug-likeness (QED) is 0.256. The lowest BCUT2D eigenvalue weighted by Crippen LogP contribution is -2.46. The molecule has 2 amide bonds. The lowest BCUT2D eigenvalue weighted by molar-refractivity contribution is -0.146. The predicted molar refractivity (Wildman–Crippen MR) is 178 cm³/mol. The molecule has 3 aliphatic rings. The molecular weight excluding hydrogens is 615 g/mol. The number of aryl methyl sites for hydroxylation is 1. The van der Waals surface area contributed by atoms with E-state index >= 15 is 0 Å². The minimum Gasteiger partial charge on any atom is -0.482 e. The number of anilines is 3. The molecule has 3 aromatic carbocycles. The SMILES string of the molecule is C[C@@H]1[C@@H]([Si](C)(C)O)[C@H](CCn2cc(CCO)nn2)O[C@@]12C(=O)N(Cc1ccccc1)c1ccc(N3C(=O)COc4ccccc43)cc12. The van der Waals surface area contributed by atoms with Crippen LogP contribution in [0.15, 0.2) is 79.0 Å². The van der Waals surface area contributed by atoms with Gasteiger partial charge in [0, 0.05) is 48.5 Å². The Morgan fingerprint density at radius 2 is 1.79 bits per heavy atom. The molecule has 0 saturated carbocycles. The van der Waals surface area contributed by atoms with Crippen LogP contribution in [0.1, 0.15) is 30.2 Å². The van der Waals surface area contributed by atoms with Crippen LogP contribution in [-0.4, -0.2) is 64.3 Å². The monoisotopic (exact) mass is 653 g/mol. The summed E-state index contributed by atoms with van der Waals surface area (Å²) in [5.74, 6) is -0.143. The summed E-state index contributed by atoms with van der Waals surface area (Å²) in [6.45, 7) is 6.54. The van der Waals surface area contributed by atoms with Crippen molar-refractivity contribution in [2.75, 3.05) is 23.0 Å². The zero-order valence-electron chi connectivity index (χ0n) is 26.7. The van der Waals surface area contributed by atoms with E-state index in [1.165, 1.54) is 0 Å². The average Bonchev–Trinajstić information content (AvgIpc) is 3.70. The van der Waals surface area contributed by atoms with Crippen molar-refractivity contribution in [2.24, 2.45) is 5.92 Å². The van der Waals surface area contributed by atoms with Gasteiger partial charge in [-0.25, -0.2) is 0 Å². The summed E-state index contributed by atoms with van der Waals surface area (Å²) in [6.07, 6.45) is 2.29. The summed E-state index contributed by atoms with van der Waals surface area (Å²) in [5, 5.41) is 17.7. The van der Waals surface area contributed by atoms with Gasteiger partial charge in [-0.3, -0.25) is 19.2 Å². The molecule has 4 atom stereocenters. The van der Waals surface area contributed by atoms with Gasteiger partial charge in [0.1, 0.15) is 5.75 Å². The van der Waals surface area contributed by atoms with Crippen molar-refractivity contribution in [2.45, 2.75) is 63.2 Å². The minimum absolute atomic E-state index is 0.0124. The molecule has 12 heteroatoms. The van der Waals surface area contributed by atoms with Crippen LogP contribution in [0.2, 0.25) is 18.6 Å². The molecule has 1 aromatic heterocycles. The van der Waals surface area contributed by atoms with E-state index in [9.17, 15) is 19.5 Å². The summed E-state index contributed by atoms with van der Waals surface area (Å²) in [6, 6.07) is 22.9. The Bertz CT molecular complexity index is 1810. The van der Waals surface area contributed by atoms with Gasteiger partial charge >= 0.3 is 0 Å². The highest BCUT2D eigenvalue weighted by Crippen LogP contribution is 2.60. The van der Waals surface area contributed by atoms with E-state index in [1.807, 2.05) is 99.0 Å². The Morgan fingerprint density at radius 1 is 1.02 bits per heavy atom. The van der Waals surface area contributed by atoms with Crippen molar-refractivity contribution in [3.63, 3.8) is 0 Å². The molecule has 4 heterocycles. The molecule has 0 radical (unpaired) electrons. The number of carbonyl (C=O) groups is 2. The highest BCUT2D eigenvalue weighted by atomic mass is 28.4. The van der Waals surface area contributed by atoms with Gasteiger partial charge in [0.15, 0.2) is 20.5 Å². The Labute approximate surface area is 274 Å². The number of aliphatic hydroxyl groups is 1. The number of aromatic nitrogens is 3. The van der Waals surface area contributed by atoms with Crippen LogP contribution in [0.5, 0.6) is 5.75 Å². The lowest BCUT2D eigenvalue weighted by atomic mass is 9.82. The van der Waals surface area contributed by atoms with Crippen LogP contribution in [0.4, 0.5) is 17.1 Å². The topological polar surface area (TPSA) is 130 Å². The second-order valence-electron chi connectivity index (χ2n) is 13.2. The molecule has 0 bridgehead atoms. The summed E-state index contributed by atoms with van der Waals surface area (Å²) >= 11 is 0. The van der Waals surface area contributed by atoms with E-state index in [-0.39, 0.29) is 36.5 Å². The maximum Gasteiger partial charge on any atom is 0.269 e. The van der Waals surface area contributed by atoms with Gasteiger partial charge < -0.3 is 24.3 Å². The first-order chi connectivity index (χ1) is 22.6. The largest absolute Gasteiger partial charge is 0.482 e. The Hall–Kier alpha value is -4.36. The van der Waals surface area contributed by atoms with Crippen molar-refractivity contribution in [3.8, 4) is 5.75 Å². The zero-order valence-corrected chi connectivity index (χ0v) is 27.7. The predicted octanol–water partition coefficient (Wildman–Crippen LogP) is 4.30. The van der Waals surface area contributed by atoms with E-state index in [4.69, 9.17) is 9.47 Å². The summed E-state index contributed by atoms with van der Waals surface area (Å²) < 4.78 is 14.5. The average molecular weight is 654 g/mol. The first kappa shape index (κ1) is 31.2. The first-order valence-electron chi connectivity index (χ1n) is 16.1. The van der Waals surface area contributed by atoms with Crippen molar-refractivity contribution < 1.29 is 29.0 Å². The number of carbonyl (C=O) groups excluding carboxylic acids is 2. The second-order valence-corrected chi connectivity index (χ2v) is 17.1. The summed E-state index contributed by atoms with van der Waals surface area (Å²) in [7, 11) is -2.90. The number of ether oxygens (including phenoxy) is 2. The number of hydrogen-bond donors (Lipinski definition) is 2. The van der Waals surface area contributed by atoms with Crippen molar-refractivity contribution in [1.29, 1.82) is 0 Å². The third-order valence-electron chi connectivity index (χ3n) is 9.71. The van der Waals surface area contributed by atoms with Crippen LogP contribution >= 0.6 is 0 Å². The van der Waals surface area contributed by atoms with Gasteiger partial charge in [0.05, 0.1) is 29.7 Å². The minimum atomic E-state index is -2.90. The zero-order chi connectivity index (χ0) is 32.9. The fourth-order valence-corrected chi connectivity index (χ4v) is 10.3. The summed E-state index contributed by atoms with van der Waals surface area (Å²) in [4.78, 5) is 43.4. The van der Waals surface area contributed by atoms with E-state index in [0.717, 1.165) is 11.3 Å². The van der Waals surface area contributed by atoms with E-state index < -0.39 is 20.0 Å². The van der Waals surface area contributed by atoms with Crippen LogP contribution < -0.4 is 14.5 Å². The van der Waals surface area contributed by atoms with Crippen LogP contribution in [0.25, 0.3) is 0 Å². The normalized spacial score (nSPS) is 23.7. The molecule has 0 aliphatic carbocycles. The number of nitrogens with zero attached hydrogens (tertiary/aromatic N) is 5. The van der Waals surface area contributed by atoms with Crippen LogP contribution in [0.3, 0.4) is 0 Å². The van der Waals surface area contributed by atoms with Gasteiger partial charge in [0.25, 0.3) is 11.8 Å². The molecule has 11 nitrogen and oxygen atoms in total. The highest BCUT2D eigenvalue weighted by molar-refractivity contribution is 6.71. The van der Waals surface area contributed by atoms with Gasteiger partial charge in [-0.15, -0.1) is 5.10 Å². The van der Waals surface area contributed by atoms with Crippen molar-refractivity contribution >= 4 is 37.2 Å². The summed E-state index contributed by atoms with van der Waals surface area (Å²) in [5.41, 5.74) is 2.70. The van der Waals surface area contributed by atoms with E-state index in [2.05, 4.69) is 10.3 Å². The standard InChI is InChI=1S/C35H39N5O6Si/c1-23-33(47(2,3)44)31(15-17-38-21-25(16-18-41)36-37-38)46-35(23)27-19-26(40-29-11-7-8-12-30(29)45-22-32(40)42)13-14-28(27)39(34(35)43)20-24-9-5-4-6-10-24/h4-14,19,21,23,31,33,41,44H,15-18,20,22H2,1-3H3/t23-,31+,33-,35+/m1/s1. The number of benzene rings is 3. The van der Waals surface area contributed by atoms with Gasteiger partial charge in [0.2, 0.25) is 0 Å². The number of amides is 2. The Morgan fingerprint density at radius 3 is 2.55 bits per heavy atom. The van der Waals surface area contributed by atoms with Crippen LogP contribution in [-0.2, 0) is 39.4 Å². The highest BCUT2D eigenvalue weighted by Gasteiger charge is 2.66. The van der Waals surface area contributed by atoms with E-state index in [0.29, 0.717) is 54.3 Å². The number of hydrogen-bond acceptors (Lipinski definition) is 8. The van der Waals surface area contributed by atoms with E-state index in [1.54, 1.807) is 14.5 Å². The molecule has 1 fully saturated rings. The Balaban J connectivity index is 1.32. The molecular formula is C35H39N5O6Si. The molecule has 0 unspecified atom stereocenters. The maximum absolute atomic E-state index is 14.9. The van der Waals surface area contributed by atoms with Crippen molar-refractivity contribution in [3.05, 3.63) is 95.8 Å². The Kier molecular flexibility index (Phi) is 7.99. The molecule has 244 valence electrons. The van der Waals surface area contributed by atoms with Crippen LogP contribution in [0, 0.1) is 5.92 Å². The fraction of sp³-hybridized carbons (Fsp3) is 0.371. The number of aliphatic hydroxyl groups excluding tert-OH is 1. The third-order valence-corrected chi connectivity index (χ3v) is 12.2. The van der Waals surface area contributed by atoms with Gasteiger partial charge in [-0.1, -0.05) is 54.6 Å². The molecule has 4 aromatic rings. The molecule has 47 heavy (non-hydrogen) atoms. The number of fused-ring (bicyclic) bond motifs is 3. The molecule has 2 N–H and O–H groups in total. The molecule has 3 aliphatic heterocycles. The smallest absolute Gasteiger partial charge is 0.269 e. The number of rotatable bonds is 9. The fourth-order valence-electron chi connectivity index (χ4n) is 7.72. The second kappa shape index (κ2) is 12.0. The third kappa shape index (κ3) is 5.34. The maximum atomic E-state index is 14.9. The number of para-hydroxylation sites is 2. The lowest BCUT2D eigenvalue weighted by Gasteiger charge is -2.33.